The molecule has 1 unspecified atom stereocenters. The standard InChI is InChI=1S/C14H18O2/c1-2-16-13-10-6-5-9-12(13)14(15)11-7-3-4-8-11/h5-7,9-10,14-15H,2-4,8H2,1H3. The van der Waals surface area contributed by atoms with Gasteiger partial charge >= 0.3 is 0 Å². The van der Waals surface area contributed by atoms with Gasteiger partial charge in [-0.3, -0.25) is 0 Å². The lowest BCUT2D eigenvalue weighted by Crippen LogP contribution is -2.04. The number of aliphatic hydroxyl groups excluding tert-OH is 1. The molecule has 0 saturated carbocycles. The van der Waals surface area contributed by atoms with Crippen molar-refractivity contribution in [2.24, 2.45) is 0 Å². The van der Waals surface area contributed by atoms with Gasteiger partial charge in [0.2, 0.25) is 0 Å². The summed E-state index contributed by atoms with van der Waals surface area (Å²) < 4.78 is 5.53. The average molecular weight is 218 g/mol. The first-order valence-corrected chi connectivity index (χ1v) is 5.91. The maximum Gasteiger partial charge on any atom is 0.125 e. The predicted molar refractivity (Wildman–Crippen MR) is 64.5 cm³/mol. The Balaban J connectivity index is 2.24. The van der Waals surface area contributed by atoms with Crippen molar-refractivity contribution < 1.29 is 9.84 Å². The van der Waals surface area contributed by atoms with Crippen LogP contribution in [0.4, 0.5) is 0 Å². The normalized spacial score (nSPS) is 17.0. The highest BCUT2D eigenvalue weighted by Gasteiger charge is 2.19. The third-order valence-electron chi connectivity index (χ3n) is 2.94. The Kier molecular flexibility index (Phi) is 3.62. The predicted octanol–water partition coefficient (Wildman–Crippen LogP) is 3.23. The first-order chi connectivity index (χ1) is 7.83. The number of aliphatic hydroxyl groups is 1. The second-order valence-corrected chi connectivity index (χ2v) is 4.04. The molecule has 1 atom stereocenters. The summed E-state index contributed by atoms with van der Waals surface area (Å²) in [4.78, 5) is 0. The summed E-state index contributed by atoms with van der Waals surface area (Å²) >= 11 is 0. The molecule has 1 N–H and O–H groups in total. The van der Waals surface area contributed by atoms with Gasteiger partial charge in [-0.1, -0.05) is 24.3 Å². The Morgan fingerprint density at radius 3 is 2.88 bits per heavy atom. The van der Waals surface area contributed by atoms with E-state index in [2.05, 4.69) is 6.08 Å². The van der Waals surface area contributed by atoms with Crippen molar-refractivity contribution in [1.29, 1.82) is 0 Å². The van der Waals surface area contributed by atoms with Crippen LogP contribution >= 0.6 is 0 Å². The lowest BCUT2D eigenvalue weighted by atomic mass is 10.0. The van der Waals surface area contributed by atoms with Crippen LogP contribution in [-0.2, 0) is 0 Å². The number of rotatable bonds is 4. The maximum absolute atomic E-state index is 10.3. The molecule has 0 aromatic heterocycles. The molecule has 0 amide bonds. The molecule has 1 aliphatic rings. The molecule has 0 radical (unpaired) electrons. The summed E-state index contributed by atoms with van der Waals surface area (Å²) in [7, 11) is 0. The number of allylic oxidation sites excluding steroid dienone is 1. The number of ether oxygens (including phenoxy) is 1. The third-order valence-corrected chi connectivity index (χ3v) is 2.94. The summed E-state index contributed by atoms with van der Waals surface area (Å²) in [5.74, 6) is 0.797. The van der Waals surface area contributed by atoms with Crippen LogP contribution in [0.25, 0.3) is 0 Å². The van der Waals surface area contributed by atoms with Crippen LogP contribution in [0.3, 0.4) is 0 Å². The van der Waals surface area contributed by atoms with Gasteiger partial charge in [-0.25, -0.2) is 0 Å². The Hall–Kier alpha value is -1.28. The molecule has 2 heteroatoms. The Morgan fingerprint density at radius 1 is 1.38 bits per heavy atom. The fourth-order valence-electron chi connectivity index (χ4n) is 2.14. The molecule has 1 aliphatic carbocycles. The lowest BCUT2D eigenvalue weighted by molar-refractivity contribution is 0.205. The molecule has 2 rings (SSSR count). The molecule has 0 heterocycles. The first-order valence-electron chi connectivity index (χ1n) is 5.91. The van der Waals surface area contributed by atoms with E-state index in [1.165, 1.54) is 0 Å². The summed E-state index contributed by atoms with van der Waals surface area (Å²) in [5.41, 5.74) is 2.02. The van der Waals surface area contributed by atoms with Gasteiger partial charge in [0, 0.05) is 5.56 Å². The van der Waals surface area contributed by atoms with E-state index in [-0.39, 0.29) is 0 Å². The minimum Gasteiger partial charge on any atom is -0.493 e. The fraction of sp³-hybridized carbons (Fsp3) is 0.429. The smallest absolute Gasteiger partial charge is 0.125 e. The molecule has 0 fully saturated rings. The van der Waals surface area contributed by atoms with Crippen molar-refractivity contribution in [2.75, 3.05) is 6.61 Å². The highest BCUT2D eigenvalue weighted by atomic mass is 16.5. The average Bonchev–Trinajstić information content (AvgIpc) is 2.83. The maximum atomic E-state index is 10.3. The van der Waals surface area contributed by atoms with E-state index in [4.69, 9.17) is 4.74 Å². The van der Waals surface area contributed by atoms with Gasteiger partial charge in [0.05, 0.1) is 6.61 Å². The minimum absolute atomic E-state index is 0.495. The van der Waals surface area contributed by atoms with Crippen LogP contribution in [-0.4, -0.2) is 11.7 Å². The van der Waals surface area contributed by atoms with Crippen molar-refractivity contribution in [3.63, 3.8) is 0 Å². The van der Waals surface area contributed by atoms with Gasteiger partial charge in [-0.15, -0.1) is 0 Å². The molecule has 1 aromatic carbocycles. The van der Waals surface area contributed by atoms with E-state index in [1.807, 2.05) is 31.2 Å². The molecule has 86 valence electrons. The zero-order chi connectivity index (χ0) is 11.4. The Morgan fingerprint density at radius 2 is 2.19 bits per heavy atom. The number of para-hydroxylation sites is 1. The van der Waals surface area contributed by atoms with Crippen molar-refractivity contribution in [3.05, 3.63) is 41.5 Å². The van der Waals surface area contributed by atoms with Gasteiger partial charge in [0.25, 0.3) is 0 Å². The van der Waals surface area contributed by atoms with Crippen LogP contribution in [0.2, 0.25) is 0 Å². The largest absolute Gasteiger partial charge is 0.493 e. The molecule has 0 saturated heterocycles. The summed E-state index contributed by atoms with van der Waals surface area (Å²) in [5, 5.41) is 10.3. The van der Waals surface area contributed by atoms with Gasteiger partial charge in [0.15, 0.2) is 0 Å². The minimum atomic E-state index is -0.495. The fourth-order valence-corrected chi connectivity index (χ4v) is 2.14. The van der Waals surface area contributed by atoms with Crippen LogP contribution in [0.1, 0.15) is 37.9 Å². The number of benzene rings is 1. The summed E-state index contributed by atoms with van der Waals surface area (Å²) in [6.45, 7) is 2.58. The summed E-state index contributed by atoms with van der Waals surface area (Å²) in [6, 6.07) is 7.73. The molecular formula is C14H18O2. The summed E-state index contributed by atoms with van der Waals surface area (Å²) in [6.07, 6.45) is 4.90. The van der Waals surface area contributed by atoms with Gasteiger partial charge < -0.3 is 9.84 Å². The second-order valence-electron chi connectivity index (χ2n) is 4.04. The van der Waals surface area contributed by atoms with Crippen molar-refractivity contribution in [3.8, 4) is 5.75 Å². The molecular weight excluding hydrogens is 200 g/mol. The van der Waals surface area contributed by atoms with Crippen molar-refractivity contribution in [1.82, 2.24) is 0 Å². The topological polar surface area (TPSA) is 29.5 Å². The van der Waals surface area contributed by atoms with Gasteiger partial charge in [-0.05, 0) is 37.8 Å². The second kappa shape index (κ2) is 5.17. The molecule has 2 nitrogen and oxygen atoms in total. The monoisotopic (exact) mass is 218 g/mol. The SMILES string of the molecule is CCOc1ccccc1C(O)C1=CCCC1. The zero-order valence-electron chi connectivity index (χ0n) is 9.65. The third kappa shape index (κ3) is 2.27. The van der Waals surface area contributed by atoms with E-state index in [0.29, 0.717) is 6.61 Å². The molecule has 1 aromatic rings. The first kappa shape index (κ1) is 11.2. The number of hydrogen-bond acceptors (Lipinski definition) is 2. The Bertz CT molecular complexity index is 382. The lowest BCUT2D eigenvalue weighted by Gasteiger charge is -2.16. The number of hydrogen-bond donors (Lipinski definition) is 1. The Labute approximate surface area is 96.6 Å². The van der Waals surface area contributed by atoms with Crippen LogP contribution in [0.15, 0.2) is 35.9 Å². The van der Waals surface area contributed by atoms with Crippen molar-refractivity contribution >= 4 is 0 Å². The van der Waals surface area contributed by atoms with E-state index in [1.54, 1.807) is 0 Å². The van der Waals surface area contributed by atoms with E-state index in [0.717, 1.165) is 36.1 Å². The van der Waals surface area contributed by atoms with Gasteiger partial charge in [-0.2, -0.15) is 0 Å². The van der Waals surface area contributed by atoms with E-state index < -0.39 is 6.10 Å². The quantitative estimate of drug-likeness (QED) is 0.786. The highest BCUT2D eigenvalue weighted by Crippen LogP contribution is 2.34. The van der Waals surface area contributed by atoms with E-state index >= 15 is 0 Å². The molecule has 16 heavy (non-hydrogen) atoms. The molecule has 0 aliphatic heterocycles. The molecule has 0 bridgehead atoms. The van der Waals surface area contributed by atoms with Crippen LogP contribution < -0.4 is 4.74 Å². The zero-order valence-corrected chi connectivity index (χ0v) is 9.65. The highest BCUT2D eigenvalue weighted by molar-refractivity contribution is 5.39. The van der Waals surface area contributed by atoms with Gasteiger partial charge in [0.1, 0.15) is 11.9 Å². The van der Waals surface area contributed by atoms with Crippen molar-refractivity contribution in [2.45, 2.75) is 32.3 Å². The van der Waals surface area contributed by atoms with E-state index in [9.17, 15) is 5.11 Å². The molecule has 0 spiro atoms. The van der Waals surface area contributed by atoms with Crippen LogP contribution in [0, 0.1) is 0 Å². The van der Waals surface area contributed by atoms with Crippen LogP contribution in [0.5, 0.6) is 5.75 Å².